The molecule has 0 bridgehead atoms. The van der Waals surface area contributed by atoms with Crippen LogP contribution in [0.1, 0.15) is 10.6 Å². The highest BCUT2D eigenvalue weighted by molar-refractivity contribution is 8.14. The minimum atomic E-state index is -0.516. The highest BCUT2D eigenvalue weighted by Crippen LogP contribution is 2.25. The fourth-order valence-electron chi connectivity index (χ4n) is 2.09. The van der Waals surface area contributed by atoms with Crippen molar-refractivity contribution >= 4 is 45.9 Å². The molecule has 0 saturated carbocycles. The van der Waals surface area contributed by atoms with E-state index in [2.05, 4.69) is 15.6 Å². The number of nitrogens with zero attached hydrogens (tertiary/aromatic N) is 2. The molecule has 1 aliphatic rings. The molecule has 8 nitrogen and oxygen atoms in total. The molecule has 2 aromatic rings. The Kier molecular flexibility index (Phi) is 5.10. The molecule has 3 rings (SSSR count). The number of non-ortho nitro benzene ring substituents is 1. The molecule has 0 saturated heterocycles. The van der Waals surface area contributed by atoms with E-state index in [1.54, 1.807) is 18.2 Å². The van der Waals surface area contributed by atoms with Gasteiger partial charge in [-0.25, -0.2) is 0 Å². The molecule has 0 fully saturated rings. The van der Waals surface area contributed by atoms with Crippen LogP contribution in [-0.2, 0) is 0 Å². The van der Waals surface area contributed by atoms with E-state index in [-0.39, 0.29) is 16.6 Å². The van der Waals surface area contributed by atoms with Crippen molar-refractivity contribution in [3.05, 3.63) is 52.3 Å². The number of nitro groups is 1. The highest BCUT2D eigenvalue weighted by Gasteiger charge is 2.16. The van der Waals surface area contributed by atoms with Gasteiger partial charge in [-0.2, -0.15) is 0 Å². The van der Waals surface area contributed by atoms with E-state index in [1.165, 1.54) is 30.0 Å². The largest absolute Gasteiger partial charge is 0.451 e. The zero-order valence-electron chi connectivity index (χ0n) is 12.7. The van der Waals surface area contributed by atoms with E-state index in [1.807, 2.05) is 0 Å². The van der Waals surface area contributed by atoms with Gasteiger partial charge in [0.25, 0.3) is 11.6 Å². The van der Waals surface area contributed by atoms with Crippen molar-refractivity contribution in [2.24, 2.45) is 4.99 Å². The number of aliphatic imine (C=N–C) groups is 1. The predicted octanol–water partition coefficient (Wildman–Crippen LogP) is 2.56. The first-order chi connectivity index (χ1) is 12.0. The van der Waals surface area contributed by atoms with Crippen molar-refractivity contribution in [1.82, 2.24) is 10.6 Å². The second kappa shape index (κ2) is 7.45. The maximum Gasteiger partial charge on any atom is 0.293 e. The van der Waals surface area contributed by atoms with Gasteiger partial charge in [0, 0.05) is 23.4 Å². The van der Waals surface area contributed by atoms with Gasteiger partial charge >= 0.3 is 0 Å². The number of furan rings is 1. The lowest BCUT2D eigenvalue weighted by atomic mass is 10.1. The molecule has 2 N–H and O–H groups in total. The zero-order valence-corrected chi connectivity index (χ0v) is 14.4. The molecule has 1 amide bonds. The topological polar surface area (TPSA) is 110 Å². The van der Waals surface area contributed by atoms with Crippen molar-refractivity contribution < 1.29 is 14.1 Å². The Hall–Kier alpha value is -2.72. The average Bonchev–Trinajstić information content (AvgIpc) is 3.26. The summed E-state index contributed by atoms with van der Waals surface area (Å²) < 4.78 is 5.48. The molecular formula is C15H12N4O4S2. The van der Waals surface area contributed by atoms with E-state index >= 15 is 0 Å². The van der Waals surface area contributed by atoms with Crippen LogP contribution in [0.15, 0.2) is 45.8 Å². The summed E-state index contributed by atoms with van der Waals surface area (Å²) in [5.74, 6) is 0.761. The number of carbonyl (C=O) groups excluding carboxylic acids is 1. The third-order valence-electron chi connectivity index (χ3n) is 3.20. The lowest BCUT2D eigenvalue weighted by Crippen LogP contribution is -2.40. The van der Waals surface area contributed by atoms with Gasteiger partial charge in [-0.05, 0) is 24.4 Å². The first-order valence-corrected chi connectivity index (χ1v) is 8.56. The van der Waals surface area contributed by atoms with E-state index in [4.69, 9.17) is 16.6 Å². The summed E-state index contributed by atoms with van der Waals surface area (Å²) in [6, 6.07) is 9.02. The number of nitro benzene ring substituents is 1. The van der Waals surface area contributed by atoms with Crippen LogP contribution in [0.25, 0.3) is 11.3 Å². The van der Waals surface area contributed by atoms with E-state index < -0.39 is 10.8 Å². The standard InChI is InChI=1S/C15H12N4O4S2/c20-13(17-14(24)18-15-16-6-7-25-15)12-5-4-11(23-12)9-2-1-3-10(8-9)19(21)22/h1-5,8H,6-7H2,(H2,16,17,18,20,24). The van der Waals surface area contributed by atoms with Gasteiger partial charge in [-0.15, -0.1) is 0 Å². The minimum Gasteiger partial charge on any atom is -0.451 e. The summed E-state index contributed by atoms with van der Waals surface area (Å²) in [6.07, 6.45) is 0. The summed E-state index contributed by atoms with van der Waals surface area (Å²) in [6.45, 7) is 0.717. The SMILES string of the molecule is O=C(NC(=S)NC1=NCCS1)c1ccc(-c2cccc([N+](=O)[O-])c2)o1. The monoisotopic (exact) mass is 376 g/mol. The number of amidine groups is 1. The fraction of sp³-hybridized carbons (Fsp3) is 0.133. The van der Waals surface area contributed by atoms with Gasteiger partial charge in [0.2, 0.25) is 0 Å². The third kappa shape index (κ3) is 4.22. The van der Waals surface area contributed by atoms with Crippen molar-refractivity contribution in [2.45, 2.75) is 0 Å². The molecule has 0 aliphatic carbocycles. The molecule has 0 unspecified atom stereocenters. The molecule has 0 radical (unpaired) electrons. The summed E-state index contributed by atoms with van der Waals surface area (Å²) in [4.78, 5) is 26.7. The van der Waals surface area contributed by atoms with Gasteiger partial charge < -0.3 is 9.73 Å². The maximum absolute atomic E-state index is 12.2. The number of thioether (sulfide) groups is 1. The first kappa shape index (κ1) is 17.1. The molecule has 25 heavy (non-hydrogen) atoms. The van der Waals surface area contributed by atoms with Crippen molar-refractivity contribution in [1.29, 1.82) is 0 Å². The lowest BCUT2D eigenvalue weighted by molar-refractivity contribution is -0.384. The van der Waals surface area contributed by atoms with Gasteiger partial charge in [-0.3, -0.25) is 25.2 Å². The van der Waals surface area contributed by atoms with Crippen LogP contribution >= 0.6 is 24.0 Å². The molecular weight excluding hydrogens is 364 g/mol. The molecule has 2 heterocycles. The number of nitrogens with one attached hydrogen (secondary N) is 2. The summed E-state index contributed by atoms with van der Waals surface area (Å²) >= 11 is 6.58. The van der Waals surface area contributed by atoms with Crippen LogP contribution in [0.4, 0.5) is 5.69 Å². The van der Waals surface area contributed by atoms with E-state index in [0.29, 0.717) is 23.0 Å². The first-order valence-electron chi connectivity index (χ1n) is 7.17. The van der Waals surface area contributed by atoms with Crippen LogP contribution in [0, 0.1) is 10.1 Å². The molecule has 128 valence electrons. The molecule has 0 spiro atoms. The van der Waals surface area contributed by atoms with Crippen molar-refractivity contribution in [2.75, 3.05) is 12.3 Å². The van der Waals surface area contributed by atoms with Gasteiger partial charge in [-0.1, -0.05) is 23.9 Å². The molecule has 1 aliphatic heterocycles. The zero-order chi connectivity index (χ0) is 17.8. The Bertz CT molecular complexity index is 878. The summed E-state index contributed by atoms with van der Waals surface area (Å²) in [5, 5.41) is 17.0. The summed E-state index contributed by atoms with van der Waals surface area (Å²) in [7, 11) is 0. The van der Waals surface area contributed by atoms with Crippen LogP contribution in [0.2, 0.25) is 0 Å². The number of hydrogen-bond donors (Lipinski definition) is 2. The van der Waals surface area contributed by atoms with Crippen LogP contribution in [-0.4, -0.2) is 33.4 Å². The van der Waals surface area contributed by atoms with Crippen molar-refractivity contribution in [3.63, 3.8) is 0 Å². The Balaban J connectivity index is 1.68. The van der Waals surface area contributed by atoms with Crippen molar-refractivity contribution in [3.8, 4) is 11.3 Å². The predicted molar refractivity (Wildman–Crippen MR) is 98.8 cm³/mol. The summed E-state index contributed by atoms with van der Waals surface area (Å²) in [5.41, 5.74) is 0.450. The Labute approximate surface area is 151 Å². The molecule has 1 aromatic carbocycles. The normalized spacial score (nSPS) is 13.2. The number of benzene rings is 1. The average molecular weight is 376 g/mol. The number of thiocarbonyl (C=S) groups is 1. The molecule has 0 atom stereocenters. The van der Waals surface area contributed by atoms with Gasteiger partial charge in [0.1, 0.15) is 5.76 Å². The number of hydrogen-bond acceptors (Lipinski definition) is 7. The van der Waals surface area contributed by atoms with Crippen LogP contribution in [0.5, 0.6) is 0 Å². The van der Waals surface area contributed by atoms with E-state index in [9.17, 15) is 14.9 Å². The van der Waals surface area contributed by atoms with Crippen LogP contribution in [0.3, 0.4) is 0 Å². The maximum atomic E-state index is 12.2. The highest BCUT2D eigenvalue weighted by atomic mass is 32.2. The molecule has 1 aromatic heterocycles. The Morgan fingerprint density at radius 3 is 2.92 bits per heavy atom. The van der Waals surface area contributed by atoms with Gasteiger partial charge in [0.15, 0.2) is 16.0 Å². The number of amides is 1. The number of carbonyl (C=O) groups is 1. The van der Waals surface area contributed by atoms with Crippen LogP contribution < -0.4 is 10.6 Å². The Morgan fingerprint density at radius 1 is 1.36 bits per heavy atom. The number of rotatable bonds is 3. The Morgan fingerprint density at radius 2 is 2.20 bits per heavy atom. The van der Waals surface area contributed by atoms with E-state index in [0.717, 1.165) is 5.75 Å². The quantitative estimate of drug-likeness (QED) is 0.481. The second-order valence-electron chi connectivity index (χ2n) is 4.91. The minimum absolute atomic E-state index is 0.0478. The lowest BCUT2D eigenvalue weighted by Gasteiger charge is -2.07. The third-order valence-corrected chi connectivity index (χ3v) is 4.30. The second-order valence-corrected chi connectivity index (χ2v) is 6.41. The molecule has 10 heteroatoms. The van der Waals surface area contributed by atoms with Gasteiger partial charge in [0.05, 0.1) is 11.5 Å². The smallest absolute Gasteiger partial charge is 0.293 e. The fourth-order valence-corrected chi connectivity index (χ4v) is 3.08.